The highest BCUT2D eigenvalue weighted by atomic mass is 35.5. The molecule has 8 rings (SSSR count). The van der Waals surface area contributed by atoms with Crippen molar-refractivity contribution < 1.29 is 24.3 Å². The molecule has 2 aliphatic carbocycles. The number of halogens is 1. The predicted octanol–water partition coefficient (Wildman–Crippen LogP) is 5.65. The van der Waals surface area contributed by atoms with Gasteiger partial charge in [0, 0.05) is 16.3 Å². The highest BCUT2D eigenvalue weighted by Crippen LogP contribution is 2.64. The Morgan fingerprint density at radius 1 is 0.818 bits per heavy atom. The molecule has 2 aliphatic heterocycles. The van der Waals surface area contributed by atoms with E-state index in [-0.39, 0.29) is 35.8 Å². The number of anilines is 1. The van der Waals surface area contributed by atoms with Crippen molar-refractivity contribution in [3.8, 4) is 5.75 Å². The third kappa shape index (κ3) is 3.50. The summed E-state index contributed by atoms with van der Waals surface area (Å²) in [5, 5.41) is 15.1. The molecule has 6 atom stereocenters. The van der Waals surface area contributed by atoms with Crippen LogP contribution in [0, 0.1) is 23.7 Å². The van der Waals surface area contributed by atoms with Gasteiger partial charge in [-0.25, -0.2) is 4.90 Å². The first-order valence-corrected chi connectivity index (χ1v) is 15.1. The van der Waals surface area contributed by atoms with Gasteiger partial charge in [0.05, 0.1) is 28.9 Å². The monoisotopic (exact) mass is 602 g/mol. The summed E-state index contributed by atoms with van der Waals surface area (Å²) < 4.78 is 0. The lowest BCUT2D eigenvalue weighted by molar-refractivity contribution is -0.128. The Labute approximate surface area is 258 Å². The van der Waals surface area contributed by atoms with Crippen molar-refractivity contribution >= 4 is 51.7 Å². The Bertz CT molecular complexity index is 1950. The summed E-state index contributed by atoms with van der Waals surface area (Å²) in [7, 11) is 0. The maximum atomic E-state index is 15.2. The number of aromatic hydroxyl groups is 1. The van der Waals surface area contributed by atoms with E-state index in [1.54, 1.807) is 30.3 Å². The lowest BCUT2D eigenvalue weighted by atomic mass is 9.49. The summed E-state index contributed by atoms with van der Waals surface area (Å²) in [6, 6.07) is 27.0. The fraction of sp³-hybridized carbons (Fsp3) is 0.222. The molecule has 1 saturated carbocycles. The number of benzene rings is 4. The number of carbonyl (C=O) groups excluding carboxylic acids is 4. The smallest absolute Gasteiger partial charge is 0.246 e. The molecular weight excluding hydrogens is 576 g/mol. The Balaban J connectivity index is 1.46. The Hall–Kier alpha value is -4.75. The lowest BCUT2D eigenvalue weighted by Crippen LogP contribution is -2.53. The zero-order valence-electron chi connectivity index (χ0n) is 23.4. The largest absolute Gasteiger partial charge is 0.507 e. The van der Waals surface area contributed by atoms with Crippen molar-refractivity contribution in [2.75, 3.05) is 4.90 Å². The number of nitrogens with one attached hydrogen (secondary N) is 1. The molecule has 4 aliphatic rings. The minimum Gasteiger partial charge on any atom is -0.507 e. The average Bonchev–Trinajstić information content (AvgIpc) is 3.45. The molecule has 0 spiro atoms. The third-order valence-electron chi connectivity index (χ3n) is 10.3. The standard InChI is InChI=1S/C36H27ClN2O5/c37-20-9-6-10-21(17-20)39-34(43)28-18-27-25(13-14-26-30(27)33(42)38-32(26)41)31(36(28,35(39)44)19-7-2-1-3-8-19)24-15-16-29(40)23-12-5-4-11-22(23)24/h1-13,15-17,26-28,30-31,40H,14,18H2,(H,38,41,42). The first-order chi connectivity index (χ1) is 21.3. The molecule has 44 heavy (non-hydrogen) atoms. The minimum absolute atomic E-state index is 0.106. The second kappa shape index (κ2) is 9.63. The number of amides is 4. The van der Waals surface area contributed by atoms with Gasteiger partial charge in [-0.2, -0.15) is 0 Å². The van der Waals surface area contributed by atoms with Crippen molar-refractivity contribution in [3.05, 3.63) is 119 Å². The molecule has 0 aromatic heterocycles. The van der Waals surface area contributed by atoms with Crippen molar-refractivity contribution in [2.45, 2.75) is 24.2 Å². The van der Waals surface area contributed by atoms with E-state index in [0.29, 0.717) is 28.1 Å². The van der Waals surface area contributed by atoms with Gasteiger partial charge in [-0.1, -0.05) is 90.0 Å². The summed E-state index contributed by atoms with van der Waals surface area (Å²) in [5.74, 6) is -4.33. The molecule has 2 heterocycles. The SMILES string of the molecule is O=C1NC(=O)C2C1CC=C1C2CC2C(=O)N(c3cccc(Cl)c3)C(=O)C2(c2ccccc2)C1c1ccc(O)c2ccccc12. The van der Waals surface area contributed by atoms with Crippen molar-refractivity contribution in [3.63, 3.8) is 0 Å². The van der Waals surface area contributed by atoms with Crippen LogP contribution >= 0.6 is 11.6 Å². The maximum Gasteiger partial charge on any atom is 0.246 e. The first kappa shape index (κ1) is 26.8. The summed E-state index contributed by atoms with van der Waals surface area (Å²) in [4.78, 5) is 57.3. The normalized spacial score (nSPS) is 29.2. The molecule has 2 saturated heterocycles. The first-order valence-electron chi connectivity index (χ1n) is 14.8. The van der Waals surface area contributed by atoms with Crippen molar-refractivity contribution in [2.24, 2.45) is 23.7 Å². The van der Waals surface area contributed by atoms with Crippen molar-refractivity contribution in [1.82, 2.24) is 5.32 Å². The van der Waals surface area contributed by atoms with Gasteiger partial charge in [-0.05, 0) is 59.5 Å². The molecule has 0 radical (unpaired) electrons. The van der Waals surface area contributed by atoms with Crippen molar-refractivity contribution in [1.29, 1.82) is 0 Å². The molecule has 4 aromatic rings. The van der Waals surface area contributed by atoms with Crippen LogP contribution < -0.4 is 10.2 Å². The summed E-state index contributed by atoms with van der Waals surface area (Å²) in [6.07, 6.45) is 2.62. The van der Waals surface area contributed by atoms with Gasteiger partial charge in [-0.15, -0.1) is 0 Å². The minimum atomic E-state index is -1.37. The number of hydrogen-bond donors (Lipinski definition) is 2. The number of phenols is 1. The molecular formula is C36H27ClN2O5. The summed E-state index contributed by atoms with van der Waals surface area (Å²) in [6.45, 7) is 0. The van der Waals surface area contributed by atoms with Crippen LogP contribution in [0.5, 0.6) is 5.75 Å². The topological polar surface area (TPSA) is 104 Å². The van der Waals surface area contributed by atoms with Crippen LogP contribution in [-0.2, 0) is 24.6 Å². The Morgan fingerprint density at radius 2 is 1.57 bits per heavy atom. The number of nitrogens with zero attached hydrogens (tertiary/aromatic N) is 1. The predicted molar refractivity (Wildman–Crippen MR) is 165 cm³/mol. The lowest BCUT2D eigenvalue weighted by Gasteiger charge is -2.51. The number of hydrogen-bond acceptors (Lipinski definition) is 5. The van der Waals surface area contributed by atoms with Crippen LogP contribution in [-0.4, -0.2) is 28.7 Å². The van der Waals surface area contributed by atoms with Gasteiger partial charge in [0.25, 0.3) is 0 Å². The molecule has 7 nitrogen and oxygen atoms in total. The van der Waals surface area contributed by atoms with Crippen LogP contribution in [0.25, 0.3) is 10.8 Å². The number of phenolic OH excluding ortho intramolecular Hbond substituents is 1. The molecule has 2 N–H and O–H groups in total. The maximum absolute atomic E-state index is 15.2. The van der Waals surface area contributed by atoms with E-state index in [4.69, 9.17) is 11.6 Å². The quantitative estimate of drug-likeness (QED) is 0.233. The molecule has 0 bridgehead atoms. The second-order valence-electron chi connectivity index (χ2n) is 12.2. The van der Waals surface area contributed by atoms with Gasteiger partial charge >= 0.3 is 0 Å². The van der Waals surface area contributed by atoms with Gasteiger partial charge in [0.1, 0.15) is 5.75 Å². The van der Waals surface area contributed by atoms with E-state index < -0.39 is 35.0 Å². The summed E-state index contributed by atoms with van der Waals surface area (Å²) >= 11 is 6.36. The average molecular weight is 603 g/mol. The number of carbonyl (C=O) groups is 4. The molecule has 4 aromatic carbocycles. The number of fused-ring (bicyclic) bond motifs is 5. The van der Waals surface area contributed by atoms with E-state index in [1.165, 1.54) is 4.90 Å². The highest BCUT2D eigenvalue weighted by Gasteiger charge is 2.70. The van der Waals surface area contributed by atoms with Crippen LogP contribution in [0.15, 0.2) is 103 Å². The molecule has 6 unspecified atom stereocenters. The van der Waals surface area contributed by atoms with Crippen LogP contribution in [0.3, 0.4) is 0 Å². The zero-order chi connectivity index (χ0) is 30.3. The van der Waals surface area contributed by atoms with E-state index in [9.17, 15) is 19.5 Å². The fourth-order valence-electron chi connectivity index (χ4n) is 8.56. The number of imide groups is 2. The van der Waals surface area contributed by atoms with Crippen LogP contribution in [0.1, 0.15) is 29.9 Å². The number of rotatable bonds is 3. The van der Waals surface area contributed by atoms with E-state index in [1.807, 2.05) is 66.7 Å². The van der Waals surface area contributed by atoms with Gasteiger partial charge < -0.3 is 5.11 Å². The summed E-state index contributed by atoms with van der Waals surface area (Å²) in [5.41, 5.74) is 1.37. The van der Waals surface area contributed by atoms with Gasteiger partial charge in [0.15, 0.2) is 0 Å². The second-order valence-corrected chi connectivity index (χ2v) is 12.6. The number of allylic oxidation sites excluding steroid dienone is 2. The third-order valence-corrected chi connectivity index (χ3v) is 10.5. The molecule has 3 fully saturated rings. The molecule has 4 amide bonds. The highest BCUT2D eigenvalue weighted by molar-refractivity contribution is 6.32. The fourth-order valence-corrected chi connectivity index (χ4v) is 8.74. The van der Waals surface area contributed by atoms with Crippen LogP contribution in [0.2, 0.25) is 5.02 Å². The molecule has 218 valence electrons. The van der Waals surface area contributed by atoms with E-state index in [2.05, 4.69) is 5.32 Å². The zero-order valence-corrected chi connectivity index (χ0v) is 24.2. The Morgan fingerprint density at radius 3 is 2.34 bits per heavy atom. The van der Waals surface area contributed by atoms with Crippen LogP contribution in [0.4, 0.5) is 5.69 Å². The van der Waals surface area contributed by atoms with Gasteiger partial charge in [0.2, 0.25) is 23.6 Å². The van der Waals surface area contributed by atoms with Gasteiger partial charge in [-0.3, -0.25) is 24.5 Å². The van der Waals surface area contributed by atoms with E-state index >= 15 is 4.79 Å². The Kier molecular flexibility index (Phi) is 5.87. The van der Waals surface area contributed by atoms with E-state index in [0.717, 1.165) is 16.5 Å². The molecule has 8 heteroatoms.